The number of hydrogen-bond donors (Lipinski definition) is 0. The van der Waals surface area contributed by atoms with E-state index in [1.165, 1.54) is 43.4 Å². The second kappa shape index (κ2) is 7.73. The maximum atomic E-state index is 12.5. The van der Waals surface area contributed by atoms with Gasteiger partial charge in [-0.05, 0) is 49.1 Å². The first-order chi connectivity index (χ1) is 12.7. The Kier molecular flexibility index (Phi) is 5.37. The Morgan fingerprint density at radius 3 is 2.73 bits per heavy atom. The third kappa shape index (κ3) is 3.44. The second-order valence-electron chi connectivity index (χ2n) is 8.13. The molecule has 1 saturated carbocycles. The first kappa shape index (κ1) is 18.1. The van der Waals surface area contributed by atoms with Gasteiger partial charge in [0.2, 0.25) is 0 Å². The summed E-state index contributed by atoms with van der Waals surface area (Å²) in [5.41, 5.74) is 2.68. The molecule has 4 nitrogen and oxygen atoms in total. The molecule has 2 fully saturated rings. The molecule has 1 saturated heterocycles. The van der Waals surface area contributed by atoms with Gasteiger partial charge in [-0.2, -0.15) is 0 Å². The minimum atomic E-state index is -0.482. The normalized spacial score (nSPS) is 26.7. The molecule has 1 aromatic rings. The molecular formula is C21H31FN2O2. The number of methoxy groups -OCH3 is 1. The van der Waals surface area contributed by atoms with E-state index in [-0.39, 0.29) is 6.61 Å². The number of alkyl halides is 1. The lowest BCUT2D eigenvalue weighted by Gasteiger charge is -2.49. The largest absolute Gasteiger partial charge is 0.493 e. The van der Waals surface area contributed by atoms with Crippen molar-refractivity contribution in [3.8, 4) is 11.5 Å². The number of hydrogen-bond acceptors (Lipinski definition) is 4. The van der Waals surface area contributed by atoms with E-state index in [4.69, 9.17) is 9.47 Å². The van der Waals surface area contributed by atoms with E-state index >= 15 is 0 Å². The van der Waals surface area contributed by atoms with Crippen molar-refractivity contribution in [2.75, 3.05) is 47.1 Å². The van der Waals surface area contributed by atoms with Gasteiger partial charge in [-0.1, -0.05) is 19.3 Å². The highest BCUT2D eigenvalue weighted by atomic mass is 19.1. The van der Waals surface area contributed by atoms with Gasteiger partial charge in [-0.3, -0.25) is 4.90 Å². The Hall–Kier alpha value is -1.33. The van der Waals surface area contributed by atoms with Gasteiger partial charge >= 0.3 is 0 Å². The van der Waals surface area contributed by atoms with Crippen molar-refractivity contribution < 1.29 is 13.9 Å². The Labute approximate surface area is 156 Å². The number of benzene rings is 1. The van der Waals surface area contributed by atoms with Crippen molar-refractivity contribution in [3.63, 3.8) is 0 Å². The molecule has 0 bridgehead atoms. The highest BCUT2D eigenvalue weighted by Crippen LogP contribution is 2.41. The van der Waals surface area contributed by atoms with Gasteiger partial charge in [0, 0.05) is 31.7 Å². The van der Waals surface area contributed by atoms with Crippen LogP contribution in [-0.2, 0) is 6.42 Å². The molecule has 3 aliphatic rings. The molecule has 2 aliphatic heterocycles. The number of nitrogens with zero attached hydrogens (tertiary/aromatic N) is 2. The fourth-order valence-electron chi connectivity index (χ4n) is 4.81. The van der Waals surface area contributed by atoms with Crippen LogP contribution in [0.4, 0.5) is 4.39 Å². The first-order valence-corrected chi connectivity index (χ1v) is 10.0. The van der Waals surface area contributed by atoms with Crippen LogP contribution in [0, 0.1) is 5.92 Å². The van der Waals surface area contributed by atoms with Crippen molar-refractivity contribution in [2.45, 2.75) is 44.2 Å². The second-order valence-corrected chi connectivity index (χ2v) is 8.13. The quantitative estimate of drug-likeness (QED) is 0.774. The molecule has 0 N–H and O–H groups in total. The molecule has 4 rings (SSSR count). The molecule has 0 aromatic heterocycles. The average Bonchev–Trinajstić information content (AvgIpc) is 2.62. The highest BCUT2D eigenvalue weighted by molar-refractivity contribution is 5.49. The molecule has 5 heteroatoms. The molecule has 26 heavy (non-hydrogen) atoms. The molecular weight excluding hydrogens is 331 g/mol. The van der Waals surface area contributed by atoms with Crippen molar-refractivity contribution in [2.24, 2.45) is 5.92 Å². The van der Waals surface area contributed by atoms with Crippen molar-refractivity contribution >= 4 is 0 Å². The summed E-state index contributed by atoms with van der Waals surface area (Å²) in [6.45, 7) is 2.93. The number of halogens is 1. The van der Waals surface area contributed by atoms with Crippen molar-refractivity contribution in [1.29, 1.82) is 0 Å². The van der Waals surface area contributed by atoms with E-state index in [0.29, 0.717) is 17.8 Å². The molecule has 0 amide bonds. The van der Waals surface area contributed by atoms with Crippen LogP contribution in [-0.4, -0.2) is 62.9 Å². The third-order valence-corrected chi connectivity index (χ3v) is 6.59. The summed E-state index contributed by atoms with van der Waals surface area (Å²) in [5, 5.41) is 0. The van der Waals surface area contributed by atoms with E-state index < -0.39 is 6.67 Å². The van der Waals surface area contributed by atoms with E-state index in [0.717, 1.165) is 31.2 Å². The Balaban J connectivity index is 1.53. The molecule has 1 aromatic carbocycles. The van der Waals surface area contributed by atoms with Crippen LogP contribution in [0.5, 0.6) is 11.5 Å². The summed E-state index contributed by atoms with van der Waals surface area (Å²) in [6.07, 6.45) is 6.66. The number of piperazine rings is 1. The van der Waals surface area contributed by atoms with Gasteiger partial charge in [0.1, 0.15) is 13.3 Å². The summed E-state index contributed by atoms with van der Waals surface area (Å²) < 4.78 is 23.6. The molecule has 2 heterocycles. The van der Waals surface area contributed by atoms with E-state index in [1.807, 2.05) is 0 Å². The lowest BCUT2D eigenvalue weighted by molar-refractivity contribution is 0.0217. The summed E-state index contributed by atoms with van der Waals surface area (Å²) in [4.78, 5) is 5.22. The van der Waals surface area contributed by atoms with Crippen LogP contribution in [0.25, 0.3) is 0 Å². The predicted molar refractivity (Wildman–Crippen MR) is 101 cm³/mol. The van der Waals surface area contributed by atoms with Gasteiger partial charge in [0.25, 0.3) is 0 Å². The van der Waals surface area contributed by atoms with Gasteiger partial charge in [0.05, 0.1) is 7.11 Å². The molecule has 0 unspecified atom stereocenters. The zero-order valence-corrected chi connectivity index (χ0v) is 16.0. The maximum absolute atomic E-state index is 12.5. The fourth-order valence-corrected chi connectivity index (χ4v) is 4.81. The first-order valence-electron chi connectivity index (χ1n) is 10.0. The zero-order valence-electron chi connectivity index (χ0n) is 16.0. The molecule has 1 aliphatic carbocycles. The average molecular weight is 362 g/mol. The topological polar surface area (TPSA) is 24.9 Å². The lowest BCUT2D eigenvalue weighted by atomic mass is 9.79. The monoisotopic (exact) mass is 362 g/mol. The number of fused-ring (bicyclic) bond motifs is 3. The standard InChI is InChI=1S/C21H31FN2O2/c1-23-14-19-18-12-20(25-2)21(26-9-7-22)11-16(18)6-8-24(19)13-17(23)10-15-4-3-5-15/h11-12,15,17,19H,3-10,13-14H2,1-2H3/t17-,19-/m1/s1. The molecule has 0 radical (unpaired) electrons. The van der Waals surface area contributed by atoms with Crippen LogP contribution < -0.4 is 9.47 Å². The summed E-state index contributed by atoms with van der Waals surface area (Å²) in [6, 6.07) is 5.30. The minimum absolute atomic E-state index is 0.0796. The van der Waals surface area contributed by atoms with E-state index in [9.17, 15) is 4.39 Å². The molecule has 2 atom stereocenters. The van der Waals surface area contributed by atoms with Crippen molar-refractivity contribution in [3.05, 3.63) is 23.3 Å². The zero-order chi connectivity index (χ0) is 18.1. The number of likely N-dealkylation sites (N-methyl/N-ethyl adjacent to an activating group) is 1. The van der Waals surface area contributed by atoms with Crippen LogP contribution in [0.15, 0.2) is 12.1 Å². The van der Waals surface area contributed by atoms with E-state index in [1.54, 1.807) is 7.11 Å². The minimum Gasteiger partial charge on any atom is -0.493 e. The molecule has 0 spiro atoms. The predicted octanol–water partition coefficient (Wildman–Crippen LogP) is 3.45. The van der Waals surface area contributed by atoms with Crippen LogP contribution >= 0.6 is 0 Å². The lowest BCUT2D eigenvalue weighted by Crippen LogP contribution is -2.55. The highest BCUT2D eigenvalue weighted by Gasteiger charge is 2.38. The summed E-state index contributed by atoms with van der Waals surface area (Å²) >= 11 is 0. The maximum Gasteiger partial charge on any atom is 0.161 e. The number of ether oxygens (including phenoxy) is 2. The van der Waals surface area contributed by atoms with Crippen LogP contribution in [0.1, 0.15) is 42.9 Å². The van der Waals surface area contributed by atoms with Gasteiger partial charge in [0.15, 0.2) is 11.5 Å². The third-order valence-electron chi connectivity index (χ3n) is 6.59. The van der Waals surface area contributed by atoms with E-state index in [2.05, 4.69) is 29.0 Å². The van der Waals surface area contributed by atoms with Gasteiger partial charge < -0.3 is 14.4 Å². The molecule has 144 valence electrons. The van der Waals surface area contributed by atoms with Crippen LogP contribution in [0.2, 0.25) is 0 Å². The van der Waals surface area contributed by atoms with Crippen LogP contribution in [0.3, 0.4) is 0 Å². The smallest absolute Gasteiger partial charge is 0.161 e. The van der Waals surface area contributed by atoms with Crippen molar-refractivity contribution in [1.82, 2.24) is 9.80 Å². The summed E-state index contributed by atoms with van der Waals surface area (Å²) in [5.74, 6) is 2.34. The Bertz CT molecular complexity index is 635. The fraction of sp³-hybridized carbons (Fsp3) is 0.714. The summed E-state index contributed by atoms with van der Waals surface area (Å²) in [7, 11) is 3.94. The Morgan fingerprint density at radius 2 is 2.04 bits per heavy atom. The van der Waals surface area contributed by atoms with Gasteiger partial charge in [-0.15, -0.1) is 0 Å². The van der Waals surface area contributed by atoms with Gasteiger partial charge in [-0.25, -0.2) is 4.39 Å². The number of rotatable bonds is 6. The SMILES string of the molecule is COc1cc2c(cc1OCCF)CCN1C[C@@H](CC3CCC3)N(C)C[C@H]21. The Morgan fingerprint density at radius 1 is 1.19 bits per heavy atom.